The van der Waals surface area contributed by atoms with E-state index < -0.39 is 0 Å². The van der Waals surface area contributed by atoms with Crippen LogP contribution in [0.2, 0.25) is 0 Å². The molecular formula is C38H40N2O3. The van der Waals surface area contributed by atoms with Gasteiger partial charge in [-0.05, 0) is 103 Å². The van der Waals surface area contributed by atoms with Crippen LogP contribution in [0.1, 0.15) is 47.9 Å². The molecule has 0 atom stereocenters. The SMILES string of the molecule is CN(Cc1ccc(NC(=O)C2=Cc3cc(OCc4ccc(-c5ccccc5)cc4)ccc3CCC2)cc1)C1CCOCC1. The minimum atomic E-state index is -0.0373. The van der Waals surface area contributed by atoms with Crippen molar-refractivity contribution in [3.8, 4) is 16.9 Å². The lowest BCUT2D eigenvalue weighted by molar-refractivity contribution is -0.112. The molecule has 1 fully saturated rings. The van der Waals surface area contributed by atoms with Gasteiger partial charge in [0.05, 0.1) is 0 Å². The fraction of sp³-hybridized carbons (Fsp3) is 0.289. The summed E-state index contributed by atoms with van der Waals surface area (Å²) < 4.78 is 11.7. The number of anilines is 1. The summed E-state index contributed by atoms with van der Waals surface area (Å²) in [5, 5.41) is 3.12. The minimum absolute atomic E-state index is 0.0373. The van der Waals surface area contributed by atoms with E-state index in [2.05, 4.69) is 90.1 Å². The number of aryl methyl sites for hydroxylation is 1. The predicted octanol–water partition coefficient (Wildman–Crippen LogP) is 7.90. The topological polar surface area (TPSA) is 50.8 Å². The van der Waals surface area contributed by atoms with Gasteiger partial charge in [0.15, 0.2) is 0 Å². The van der Waals surface area contributed by atoms with Gasteiger partial charge in [-0.25, -0.2) is 0 Å². The molecule has 1 saturated heterocycles. The van der Waals surface area contributed by atoms with Crippen LogP contribution < -0.4 is 10.1 Å². The highest BCUT2D eigenvalue weighted by atomic mass is 16.5. The van der Waals surface area contributed by atoms with E-state index in [-0.39, 0.29) is 5.91 Å². The molecule has 5 nitrogen and oxygen atoms in total. The van der Waals surface area contributed by atoms with Crippen LogP contribution in [0.25, 0.3) is 17.2 Å². The Hall–Kier alpha value is -4.19. The second-order valence-electron chi connectivity index (χ2n) is 11.6. The van der Waals surface area contributed by atoms with Crippen molar-refractivity contribution < 1.29 is 14.3 Å². The zero-order valence-corrected chi connectivity index (χ0v) is 24.9. The normalized spacial score (nSPS) is 15.3. The largest absolute Gasteiger partial charge is 0.489 e. The molecule has 6 rings (SSSR count). The molecule has 1 aliphatic carbocycles. The molecule has 0 unspecified atom stereocenters. The predicted molar refractivity (Wildman–Crippen MR) is 174 cm³/mol. The van der Waals surface area contributed by atoms with E-state index in [1.807, 2.05) is 30.3 Å². The van der Waals surface area contributed by atoms with Crippen molar-refractivity contribution in [2.45, 2.75) is 51.3 Å². The lowest BCUT2D eigenvalue weighted by atomic mass is 10.0. The third kappa shape index (κ3) is 7.61. The highest BCUT2D eigenvalue weighted by Crippen LogP contribution is 2.28. The zero-order valence-electron chi connectivity index (χ0n) is 24.9. The molecule has 4 aromatic rings. The molecular weight excluding hydrogens is 532 g/mol. The summed E-state index contributed by atoms with van der Waals surface area (Å²) in [5.74, 6) is 0.773. The number of rotatable bonds is 9. The van der Waals surface area contributed by atoms with Crippen molar-refractivity contribution in [2.24, 2.45) is 0 Å². The van der Waals surface area contributed by atoms with Crippen molar-refractivity contribution in [3.05, 3.63) is 125 Å². The van der Waals surface area contributed by atoms with Crippen molar-refractivity contribution >= 4 is 17.7 Å². The Labute approximate surface area is 255 Å². The van der Waals surface area contributed by atoms with Crippen molar-refractivity contribution in [1.82, 2.24) is 4.90 Å². The van der Waals surface area contributed by atoms with Gasteiger partial charge in [0.25, 0.3) is 5.91 Å². The number of carbonyl (C=O) groups is 1. The average Bonchev–Trinajstić information content (AvgIpc) is 3.28. The maximum absolute atomic E-state index is 13.3. The first-order valence-corrected chi connectivity index (χ1v) is 15.4. The van der Waals surface area contributed by atoms with Gasteiger partial charge >= 0.3 is 0 Å². The number of benzene rings is 4. The molecule has 0 radical (unpaired) electrons. The summed E-state index contributed by atoms with van der Waals surface area (Å²) in [7, 11) is 2.18. The van der Waals surface area contributed by atoms with Gasteiger partial charge < -0.3 is 14.8 Å². The van der Waals surface area contributed by atoms with Gasteiger partial charge in [0.2, 0.25) is 0 Å². The number of ether oxygens (including phenoxy) is 2. The molecule has 5 heteroatoms. The highest BCUT2D eigenvalue weighted by Gasteiger charge is 2.19. The third-order valence-corrected chi connectivity index (χ3v) is 8.56. The Morgan fingerprint density at radius 2 is 1.58 bits per heavy atom. The zero-order chi connectivity index (χ0) is 29.4. The van der Waals surface area contributed by atoms with E-state index in [0.717, 1.165) is 80.0 Å². The van der Waals surface area contributed by atoms with E-state index in [0.29, 0.717) is 12.6 Å². The molecule has 0 bridgehead atoms. The summed E-state index contributed by atoms with van der Waals surface area (Å²) in [4.78, 5) is 15.7. The third-order valence-electron chi connectivity index (χ3n) is 8.56. The molecule has 43 heavy (non-hydrogen) atoms. The monoisotopic (exact) mass is 572 g/mol. The Morgan fingerprint density at radius 1 is 0.860 bits per heavy atom. The molecule has 2 aliphatic rings. The first-order valence-electron chi connectivity index (χ1n) is 15.4. The summed E-state index contributed by atoms with van der Waals surface area (Å²) in [5.41, 5.74) is 8.70. The summed E-state index contributed by atoms with van der Waals surface area (Å²) >= 11 is 0. The standard InChI is InChI=1S/C38H40N2O3/c1-40(36-20-22-42-23-21-36)26-28-12-17-35(18-13-28)39-38(41)33-9-5-8-31-16-19-37(25-34(31)24-33)43-27-29-10-14-32(15-11-29)30-6-3-2-4-7-30/h2-4,6-7,10-19,24-25,36H,5,8-9,20-23,26-27H2,1H3,(H,39,41). The first kappa shape index (κ1) is 28.9. The van der Waals surface area contributed by atoms with Gasteiger partial charge in [-0.15, -0.1) is 0 Å². The number of fused-ring (bicyclic) bond motifs is 1. The van der Waals surface area contributed by atoms with E-state index in [4.69, 9.17) is 9.47 Å². The lowest BCUT2D eigenvalue weighted by Gasteiger charge is -2.31. The second-order valence-corrected chi connectivity index (χ2v) is 11.6. The average molecular weight is 573 g/mol. The van der Waals surface area contributed by atoms with Crippen LogP contribution in [0.3, 0.4) is 0 Å². The van der Waals surface area contributed by atoms with E-state index in [9.17, 15) is 4.79 Å². The van der Waals surface area contributed by atoms with E-state index >= 15 is 0 Å². The molecule has 0 saturated carbocycles. The molecule has 1 N–H and O–H groups in total. The summed E-state index contributed by atoms with van der Waals surface area (Å²) in [6.45, 7) is 3.08. The quantitative estimate of drug-likeness (QED) is 0.222. The van der Waals surface area contributed by atoms with Crippen LogP contribution in [-0.2, 0) is 29.1 Å². The molecule has 1 aliphatic heterocycles. The van der Waals surface area contributed by atoms with Gasteiger partial charge in [-0.3, -0.25) is 9.69 Å². The molecule has 220 valence electrons. The first-order chi connectivity index (χ1) is 21.1. The van der Waals surface area contributed by atoms with Crippen LogP contribution in [0.4, 0.5) is 5.69 Å². The fourth-order valence-electron chi connectivity index (χ4n) is 5.97. The van der Waals surface area contributed by atoms with Crippen molar-refractivity contribution in [1.29, 1.82) is 0 Å². The lowest BCUT2D eigenvalue weighted by Crippen LogP contribution is -2.36. The van der Waals surface area contributed by atoms with E-state index in [1.165, 1.54) is 22.3 Å². The minimum Gasteiger partial charge on any atom is -0.489 e. The second kappa shape index (κ2) is 13.9. The fourth-order valence-corrected chi connectivity index (χ4v) is 5.97. The molecule has 0 aromatic heterocycles. The molecule has 1 amide bonds. The van der Waals surface area contributed by atoms with Gasteiger partial charge in [-0.1, -0.05) is 72.8 Å². The smallest absolute Gasteiger partial charge is 0.251 e. The van der Waals surface area contributed by atoms with Crippen LogP contribution in [-0.4, -0.2) is 37.1 Å². The Balaban J connectivity index is 1.07. The van der Waals surface area contributed by atoms with Crippen molar-refractivity contribution in [3.63, 3.8) is 0 Å². The Bertz CT molecular complexity index is 1540. The van der Waals surface area contributed by atoms with Crippen LogP contribution in [0.5, 0.6) is 5.75 Å². The number of amides is 1. The van der Waals surface area contributed by atoms with Gasteiger partial charge in [0, 0.05) is 37.1 Å². The Kier molecular flexibility index (Phi) is 9.31. The number of hydrogen-bond acceptors (Lipinski definition) is 4. The molecule has 0 spiro atoms. The number of nitrogens with zero attached hydrogens (tertiary/aromatic N) is 1. The number of hydrogen-bond donors (Lipinski definition) is 1. The van der Waals surface area contributed by atoms with Gasteiger partial charge in [-0.2, -0.15) is 0 Å². The van der Waals surface area contributed by atoms with E-state index in [1.54, 1.807) is 0 Å². The maximum Gasteiger partial charge on any atom is 0.251 e. The van der Waals surface area contributed by atoms with Crippen LogP contribution in [0.15, 0.2) is 103 Å². The summed E-state index contributed by atoms with van der Waals surface area (Å²) in [6.07, 6.45) is 6.84. The Morgan fingerprint density at radius 3 is 2.35 bits per heavy atom. The van der Waals surface area contributed by atoms with Crippen LogP contribution >= 0.6 is 0 Å². The highest BCUT2D eigenvalue weighted by molar-refractivity contribution is 6.07. The maximum atomic E-state index is 13.3. The van der Waals surface area contributed by atoms with Gasteiger partial charge in [0.1, 0.15) is 12.4 Å². The summed E-state index contributed by atoms with van der Waals surface area (Å²) in [6, 6.07) is 33.9. The number of nitrogens with one attached hydrogen (secondary N) is 1. The molecule has 1 heterocycles. The van der Waals surface area contributed by atoms with Crippen molar-refractivity contribution in [2.75, 3.05) is 25.6 Å². The number of carbonyl (C=O) groups excluding carboxylic acids is 1. The van der Waals surface area contributed by atoms with Crippen LogP contribution in [0, 0.1) is 0 Å². The molecule has 4 aromatic carbocycles.